The lowest BCUT2D eigenvalue weighted by Gasteiger charge is -2.26. The quantitative estimate of drug-likeness (QED) is 0.623. The summed E-state index contributed by atoms with van der Waals surface area (Å²) in [4.78, 5) is 24.6. The predicted molar refractivity (Wildman–Crippen MR) is 78.0 cm³/mol. The smallest absolute Gasteiger partial charge is 0.323 e. The van der Waals surface area contributed by atoms with E-state index in [1.165, 1.54) is 0 Å². The van der Waals surface area contributed by atoms with Crippen LogP contribution in [0.5, 0.6) is 0 Å². The minimum atomic E-state index is -1.06. The van der Waals surface area contributed by atoms with E-state index >= 15 is 0 Å². The molecule has 106 valence electrons. The Morgan fingerprint density at radius 2 is 2.05 bits per heavy atom. The molecule has 1 unspecified atom stereocenters. The highest BCUT2D eigenvalue weighted by molar-refractivity contribution is 6.09. The number of ketones is 1. The molecule has 0 amide bonds. The molecule has 3 heteroatoms. The van der Waals surface area contributed by atoms with Crippen molar-refractivity contribution in [2.75, 3.05) is 6.61 Å². The first-order chi connectivity index (χ1) is 9.61. The lowest BCUT2D eigenvalue weighted by molar-refractivity contribution is -0.156. The van der Waals surface area contributed by atoms with E-state index in [4.69, 9.17) is 4.74 Å². The summed E-state index contributed by atoms with van der Waals surface area (Å²) in [5.74, 6) is -0.409. The van der Waals surface area contributed by atoms with Crippen molar-refractivity contribution >= 4 is 17.8 Å². The van der Waals surface area contributed by atoms with Crippen LogP contribution in [0.2, 0.25) is 0 Å². The number of benzene rings is 1. The van der Waals surface area contributed by atoms with Gasteiger partial charge in [-0.1, -0.05) is 36.4 Å². The van der Waals surface area contributed by atoms with Gasteiger partial charge in [-0.05, 0) is 37.8 Å². The molecular weight excluding hydrogens is 252 g/mol. The van der Waals surface area contributed by atoms with Crippen LogP contribution in [-0.4, -0.2) is 18.4 Å². The minimum Gasteiger partial charge on any atom is -0.465 e. The number of esters is 1. The van der Waals surface area contributed by atoms with E-state index in [1.54, 1.807) is 6.92 Å². The van der Waals surface area contributed by atoms with Gasteiger partial charge in [0.2, 0.25) is 0 Å². The number of carbonyl (C=O) groups is 2. The molecule has 0 bridgehead atoms. The predicted octanol–water partition coefficient (Wildman–Crippen LogP) is 3.39. The first kappa shape index (κ1) is 14.5. The van der Waals surface area contributed by atoms with Gasteiger partial charge in [-0.25, -0.2) is 0 Å². The largest absolute Gasteiger partial charge is 0.465 e. The topological polar surface area (TPSA) is 43.4 Å². The van der Waals surface area contributed by atoms with Crippen molar-refractivity contribution < 1.29 is 14.3 Å². The third kappa shape index (κ3) is 2.53. The Morgan fingerprint density at radius 1 is 1.35 bits per heavy atom. The van der Waals surface area contributed by atoms with E-state index < -0.39 is 11.4 Å². The fourth-order valence-electron chi connectivity index (χ4n) is 2.84. The van der Waals surface area contributed by atoms with Crippen LogP contribution >= 0.6 is 0 Å². The monoisotopic (exact) mass is 272 g/mol. The third-order valence-corrected chi connectivity index (χ3v) is 3.91. The Hall–Kier alpha value is -1.90. The fourth-order valence-corrected chi connectivity index (χ4v) is 2.84. The van der Waals surface area contributed by atoms with E-state index in [-0.39, 0.29) is 5.78 Å². The summed E-state index contributed by atoms with van der Waals surface area (Å²) in [6.07, 6.45) is 3.68. The zero-order chi connectivity index (χ0) is 14.6. The number of hydrogen-bond acceptors (Lipinski definition) is 3. The molecule has 1 aliphatic carbocycles. The lowest BCUT2D eigenvalue weighted by Crippen LogP contribution is -2.38. The molecule has 3 nitrogen and oxygen atoms in total. The SMILES string of the molecule is CCOC(=O)C1(/C(C)=C\c2ccccc2)CCCC1=O. The molecule has 0 aliphatic heterocycles. The van der Waals surface area contributed by atoms with Crippen LogP contribution < -0.4 is 0 Å². The van der Waals surface area contributed by atoms with Gasteiger partial charge in [0.1, 0.15) is 5.41 Å². The van der Waals surface area contributed by atoms with Crippen LogP contribution in [0, 0.1) is 5.41 Å². The molecule has 0 N–H and O–H groups in total. The molecule has 1 aliphatic rings. The van der Waals surface area contributed by atoms with Gasteiger partial charge in [-0.15, -0.1) is 0 Å². The van der Waals surface area contributed by atoms with Gasteiger partial charge >= 0.3 is 5.97 Å². The molecule has 1 aromatic rings. The molecule has 1 fully saturated rings. The van der Waals surface area contributed by atoms with Gasteiger partial charge < -0.3 is 4.74 Å². The number of Topliss-reactive ketones (excluding diaryl/α,β-unsaturated/α-hetero) is 1. The van der Waals surface area contributed by atoms with Gasteiger partial charge in [0.15, 0.2) is 5.78 Å². The molecule has 20 heavy (non-hydrogen) atoms. The molecule has 2 rings (SSSR count). The minimum absolute atomic E-state index is 0.0133. The van der Waals surface area contributed by atoms with Crippen LogP contribution in [-0.2, 0) is 14.3 Å². The maximum atomic E-state index is 12.3. The van der Waals surface area contributed by atoms with Crippen molar-refractivity contribution in [3.05, 3.63) is 41.5 Å². The second-order valence-corrected chi connectivity index (χ2v) is 5.14. The molecular formula is C17H20O3. The maximum absolute atomic E-state index is 12.3. The van der Waals surface area contributed by atoms with Gasteiger partial charge in [-0.3, -0.25) is 9.59 Å². The summed E-state index contributed by atoms with van der Waals surface area (Å²) in [5.41, 5.74) is 0.712. The van der Waals surface area contributed by atoms with Crippen LogP contribution in [0.1, 0.15) is 38.7 Å². The normalized spacial score (nSPS) is 22.9. The van der Waals surface area contributed by atoms with E-state index in [2.05, 4.69) is 0 Å². The van der Waals surface area contributed by atoms with Gasteiger partial charge in [0, 0.05) is 6.42 Å². The second-order valence-electron chi connectivity index (χ2n) is 5.14. The van der Waals surface area contributed by atoms with Crippen molar-refractivity contribution in [1.29, 1.82) is 0 Å². The van der Waals surface area contributed by atoms with E-state index in [0.717, 1.165) is 17.6 Å². The summed E-state index contributed by atoms with van der Waals surface area (Å²) in [7, 11) is 0. The summed E-state index contributed by atoms with van der Waals surface area (Å²) in [6, 6.07) is 9.73. The molecule has 1 atom stereocenters. The number of hydrogen-bond donors (Lipinski definition) is 0. The molecule has 0 aromatic heterocycles. The molecule has 0 heterocycles. The summed E-state index contributed by atoms with van der Waals surface area (Å²) >= 11 is 0. The number of carbonyl (C=O) groups excluding carboxylic acids is 2. The highest BCUT2D eigenvalue weighted by Crippen LogP contribution is 2.43. The standard InChI is InChI=1S/C17H20O3/c1-3-20-16(19)17(11-7-10-15(17)18)13(2)12-14-8-5-4-6-9-14/h4-6,8-9,12H,3,7,10-11H2,1-2H3/b13-12-. The van der Waals surface area contributed by atoms with Crippen molar-refractivity contribution in [1.82, 2.24) is 0 Å². The molecule has 0 spiro atoms. The van der Waals surface area contributed by atoms with E-state index in [1.807, 2.05) is 43.3 Å². The van der Waals surface area contributed by atoms with Gasteiger partial charge in [-0.2, -0.15) is 0 Å². The second kappa shape index (κ2) is 6.04. The molecule has 0 saturated heterocycles. The Kier molecular flexibility index (Phi) is 4.38. The van der Waals surface area contributed by atoms with Crippen LogP contribution in [0.3, 0.4) is 0 Å². The first-order valence-corrected chi connectivity index (χ1v) is 7.05. The zero-order valence-corrected chi connectivity index (χ0v) is 12.0. The Bertz CT molecular complexity index is 530. The number of ether oxygens (including phenoxy) is 1. The van der Waals surface area contributed by atoms with Crippen LogP contribution in [0.15, 0.2) is 35.9 Å². The van der Waals surface area contributed by atoms with Crippen molar-refractivity contribution in [2.45, 2.75) is 33.1 Å². The van der Waals surface area contributed by atoms with Crippen molar-refractivity contribution in [3.8, 4) is 0 Å². The maximum Gasteiger partial charge on any atom is 0.323 e. The first-order valence-electron chi connectivity index (χ1n) is 7.05. The summed E-state index contributed by atoms with van der Waals surface area (Å²) < 4.78 is 5.16. The lowest BCUT2D eigenvalue weighted by atomic mass is 9.77. The van der Waals surface area contributed by atoms with Gasteiger partial charge in [0.25, 0.3) is 0 Å². The van der Waals surface area contributed by atoms with Gasteiger partial charge in [0.05, 0.1) is 6.61 Å². The molecule has 1 aromatic carbocycles. The molecule has 0 radical (unpaired) electrons. The Morgan fingerprint density at radius 3 is 2.60 bits per heavy atom. The summed E-state index contributed by atoms with van der Waals surface area (Å²) in [5, 5.41) is 0. The highest BCUT2D eigenvalue weighted by atomic mass is 16.5. The Labute approximate surface area is 119 Å². The van der Waals surface area contributed by atoms with Crippen molar-refractivity contribution in [2.24, 2.45) is 5.41 Å². The van der Waals surface area contributed by atoms with Crippen LogP contribution in [0.25, 0.3) is 6.08 Å². The molecule has 1 saturated carbocycles. The highest BCUT2D eigenvalue weighted by Gasteiger charge is 2.51. The number of rotatable bonds is 4. The Balaban J connectivity index is 2.40. The third-order valence-electron chi connectivity index (χ3n) is 3.91. The zero-order valence-electron chi connectivity index (χ0n) is 12.0. The van der Waals surface area contributed by atoms with Crippen LogP contribution in [0.4, 0.5) is 0 Å². The van der Waals surface area contributed by atoms with Crippen molar-refractivity contribution in [3.63, 3.8) is 0 Å². The van der Waals surface area contributed by atoms with E-state index in [9.17, 15) is 9.59 Å². The van der Waals surface area contributed by atoms with E-state index in [0.29, 0.717) is 19.4 Å². The average molecular weight is 272 g/mol. The fraction of sp³-hybridized carbons (Fsp3) is 0.412. The summed E-state index contributed by atoms with van der Waals surface area (Å²) in [6.45, 7) is 3.92. The average Bonchev–Trinajstić information content (AvgIpc) is 2.83.